The van der Waals surface area contributed by atoms with Crippen molar-refractivity contribution in [3.8, 4) is 0 Å². The highest BCUT2D eigenvalue weighted by atomic mass is 16.4. The zero-order chi connectivity index (χ0) is 21.0. The topological polar surface area (TPSA) is 177 Å². The first-order valence-electron chi connectivity index (χ1n) is 9.19. The summed E-state index contributed by atoms with van der Waals surface area (Å²) in [6.07, 6.45) is 2.53. The van der Waals surface area contributed by atoms with Crippen molar-refractivity contribution >= 4 is 23.7 Å². The molecule has 0 aliphatic rings. The van der Waals surface area contributed by atoms with Gasteiger partial charge in [0, 0.05) is 0 Å². The minimum Gasteiger partial charge on any atom is -0.480 e. The number of carboxylic acid groups (broad SMARTS) is 1. The van der Waals surface area contributed by atoms with Gasteiger partial charge < -0.3 is 32.5 Å². The molecule has 0 saturated carbocycles. The van der Waals surface area contributed by atoms with Crippen LogP contribution in [0.1, 0.15) is 46.5 Å². The van der Waals surface area contributed by atoms with Crippen LogP contribution in [-0.4, -0.2) is 60.0 Å². The van der Waals surface area contributed by atoms with Gasteiger partial charge in [-0.05, 0) is 32.2 Å². The Morgan fingerprint density at radius 2 is 1.67 bits per heavy atom. The second-order valence-corrected chi connectivity index (χ2v) is 6.61. The summed E-state index contributed by atoms with van der Waals surface area (Å²) in [5, 5.41) is 16.4. The summed E-state index contributed by atoms with van der Waals surface area (Å²) in [6, 6.07) is -2.71. The summed E-state index contributed by atoms with van der Waals surface area (Å²) < 4.78 is 0. The number of carbonyl (C=O) groups excluding carboxylic acids is 3. The van der Waals surface area contributed by atoms with Crippen LogP contribution in [0.2, 0.25) is 0 Å². The summed E-state index contributed by atoms with van der Waals surface area (Å²) in [5.41, 5.74) is 11.1. The van der Waals surface area contributed by atoms with E-state index in [0.717, 1.165) is 12.8 Å². The molecule has 0 heterocycles. The molecule has 0 aliphatic carbocycles. The molecule has 0 aromatic carbocycles. The predicted octanol–water partition coefficient (Wildman–Crippen LogP) is -1.32. The normalized spacial score (nSPS) is 15.1. The Bertz CT molecular complexity index is 514. The van der Waals surface area contributed by atoms with E-state index in [2.05, 4.69) is 16.0 Å². The van der Waals surface area contributed by atoms with Gasteiger partial charge in [0.25, 0.3) is 0 Å². The van der Waals surface area contributed by atoms with Crippen LogP contribution in [-0.2, 0) is 19.2 Å². The van der Waals surface area contributed by atoms with E-state index in [4.69, 9.17) is 11.5 Å². The Morgan fingerprint density at radius 1 is 1.04 bits per heavy atom. The zero-order valence-electron chi connectivity index (χ0n) is 16.3. The van der Waals surface area contributed by atoms with Gasteiger partial charge in [0.2, 0.25) is 17.7 Å². The SMILES string of the molecule is CCC(C)C(NC(=O)C(C)NC(=O)CNC(=O)C(N)CCCCN)C(=O)O. The van der Waals surface area contributed by atoms with Gasteiger partial charge in [-0.3, -0.25) is 14.4 Å². The molecule has 0 aliphatic heterocycles. The van der Waals surface area contributed by atoms with Crippen molar-refractivity contribution in [2.75, 3.05) is 13.1 Å². The monoisotopic (exact) mass is 387 g/mol. The van der Waals surface area contributed by atoms with Crippen LogP contribution >= 0.6 is 0 Å². The molecule has 10 heteroatoms. The number of carboxylic acids is 1. The largest absolute Gasteiger partial charge is 0.480 e. The number of carbonyl (C=O) groups is 4. The number of unbranched alkanes of at least 4 members (excludes halogenated alkanes) is 1. The van der Waals surface area contributed by atoms with Crippen molar-refractivity contribution in [3.05, 3.63) is 0 Å². The summed E-state index contributed by atoms with van der Waals surface area (Å²) in [5.74, 6) is -3.03. The van der Waals surface area contributed by atoms with Crippen LogP contribution in [0.25, 0.3) is 0 Å². The van der Waals surface area contributed by atoms with Gasteiger partial charge in [0.15, 0.2) is 0 Å². The quantitative estimate of drug-likeness (QED) is 0.212. The predicted molar refractivity (Wildman–Crippen MR) is 101 cm³/mol. The van der Waals surface area contributed by atoms with Gasteiger partial charge in [-0.2, -0.15) is 0 Å². The smallest absolute Gasteiger partial charge is 0.326 e. The van der Waals surface area contributed by atoms with E-state index in [1.165, 1.54) is 6.92 Å². The average molecular weight is 387 g/mol. The maximum atomic E-state index is 12.1. The van der Waals surface area contributed by atoms with E-state index in [1.54, 1.807) is 6.92 Å². The molecule has 0 bridgehead atoms. The molecule has 0 aromatic heterocycles. The third kappa shape index (κ3) is 9.90. The van der Waals surface area contributed by atoms with Crippen molar-refractivity contribution in [2.45, 2.75) is 64.6 Å². The molecule has 0 aromatic rings. The number of aliphatic carboxylic acids is 1. The third-order valence-electron chi connectivity index (χ3n) is 4.28. The molecule has 0 spiro atoms. The molecule has 8 N–H and O–H groups in total. The van der Waals surface area contributed by atoms with Crippen molar-refractivity contribution in [1.29, 1.82) is 0 Å². The maximum absolute atomic E-state index is 12.1. The van der Waals surface area contributed by atoms with E-state index in [9.17, 15) is 24.3 Å². The van der Waals surface area contributed by atoms with Crippen molar-refractivity contribution in [1.82, 2.24) is 16.0 Å². The Labute approximate surface area is 159 Å². The summed E-state index contributed by atoms with van der Waals surface area (Å²) >= 11 is 0. The molecular weight excluding hydrogens is 354 g/mol. The Kier molecular flexibility index (Phi) is 12.0. The molecule has 0 fully saturated rings. The fourth-order valence-corrected chi connectivity index (χ4v) is 2.26. The molecule has 3 amide bonds. The minimum absolute atomic E-state index is 0.255. The molecule has 0 rings (SSSR count). The molecule has 156 valence electrons. The summed E-state index contributed by atoms with van der Waals surface area (Å²) in [6.45, 7) is 5.17. The molecular formula is C17H33N5O5. The number of rotatable bonds is 13. The Morgan fingerprint density at radius 3 is 2.19 bits per heavy atom. The molecule has 0 saturated heterocycles. The van der Waals surface area contributed by atoms with Crippen LogP contribution in [0.5, 0.6) is 0 Å². The molecule has 10 nitrogen and oxygen atoms in total. The molecule has 0 radical (unpaired) electrons. The zero-order valence-corrected chi connectivity index (χ0v) is 16.3. The number of hydrogen-bond acceptors (Lipinski definition) is 6. The van der Waals surface area contributed by atoms with Crippen molar-refractivity contribution in [2.24, 2.45) is 17.4 Å². The van der Waals surface area contributed by atoms with Crippen LogP contribution in [0.15, 0.2) is 0 Å². The van der Waals surface area contributed by atoms with E-state index in [-0.39, 0.29) is 12.5 Å². The van der Waals surface area contributed by atoms with Crippen LogP contribution < -0.4 is 27.4 Å². The third-order valence-corrected chi connectivity index (χ3v) is 4.28. The highest BCUT2D eigenvalue weighted by Gasteiger charge is 2.27. The molecule has 4 atom stereocenters. The number of amides is 3. The summed E-state index contributed by atoms with van der Waals surface area (Å²) in [7, 11) is 0. The fraction of sp³-hybridized carbons (Fsp3) is 0.765. The van der Waals surface area contributed by atoms with Gasteiger partial charge in [0.05, 0.1) is 12.6 Å². The minimum atomic E-state index is -1.13. The lowest BCUT2D eigenvalue weighted by Gasteiger charge is -2.22. The van der Waals surface area contributed by atoms with E-state index >= 15 is 0 Å². The highest BCUT2D eigenvalue weighted by Crippen LogP contribution is 2.08. The first-order valence-corrected chi connectivity index (χ1v) is 9.19. The highest BCUT2D eigenvalue weighted by molar-refractivity contribution is 5.92. The lowest BCUT2D eigenvalue weighted by molar-refractivity contribution is -0.143. The van der Waals surface area contributed by atoms with Gasteiger partial charge in [0.1, 0.15) is 12.1 Å². The van der Waals surface area contributed by atoms with Crippen molar-refractivity contribution in [3.63, 3.8) is 0 Å². The maximum Gasteiger partial charge on any atom is 0.326 e. The van der Waals surface area contributed by atoms with Gasteiger partial charge in [-0.15, -0.1) is 0 Å². The van der Waals surface area contributed by atoms with E-state index in [0.29, 0.717) is 19.4 Å². The van der Waals surface area contributed by atoms with Crippen LogP contribution in [0.4, 0.5) is 0 Å². The Balaban J connectivity index is 4.38. The first kappa shape index (κ1) is 24.8. The Hall–Kier alpha value is -2.20. The molecule has 27 heavy (non-hydrogen) atoms. The lowest BCUT2D eigenvalue weighted by atomic mass is 9.99. The average Bonchev–Trinajstić information content (AvgIpc) is 2.62. The molecule has 4 unspecified atom stereocenters. The van der Waals surface area contributed by atoms with E-state index < -0.39 is 41.8 Å². The van der Waals surface area contributed by atoms with Crippen LogP contribution in [0.3, 0.4) is 0 Å². The van der Waals surface area contributed by atoms with Gasteiger partial charge in [-0.25, -0.2) is 4.79 Å². The second kappa shape index (κ2) is 13.0. The summed E-state index contributed by atoms with van der Waals surface area (Å²) in [4.78, 5) is 47.0. The first-order chi connectivity index (χ1) is 12.6. The van der Waals surface area contributed by atoms with Crippen LogP contribution in [0, 0.1) is 5.92 Å². The van der Waals surface area contributed by atoms with Gasteiger partial charge in [-0.1, -0.05) is 26.7 Å². The standard InChI is InChI=1S/C17H33N5O5/c1-4-10(2)14(17(26)27)22-15(24)11(3)21-13(23)9-20-16(25)12(19)7-5-6-8-18/h10-12,14H,4-9,18-19H2,1-3H3,(H,20,25)(H,21,23)(H,22,24)(H,26,27). The lowest BCUT2D eigenvalue weighted by Crippen LogP contribution is -2.53. The number of nitrogens with two attached hydrogens (primary N) is 2. The van der Waals surface area contributed by atoms with E-state index in [1.807, 2.05) is 6.92 Å². The van der Waals surface area contributed by atoms with Gasteiger partial charge >= 0.3 is 5.97 Å². The second-order valence-electron chi connectivity index (χ2n) is 6.61. The fourth-order valence-electron chi connectivity index (χ4n) is 2.26. The van der Waals surface area contributed by atoms with Crippen molar-refractivity contribution < 1.29 is 24.3 Å². The number of nitrogens with one attached hydrogen (secondary N) is 3. The number of hydrogen-bond donors (Lipinski definition) is 6.